The predicted molar refractivity (Wildman–Crippen MR) is 98.1 cm³/mol. The van der Waals surface area contributed by atoms with E-state index in [0.717, 1.165) is 17.7 Å². The van der Waals surface area contributed by atoms with E-state index < -0.39 is 29.0 Å². The van der Waals surface area contributed by atoms with Crippen molar-refractivity contribution in [2.24, 2.45) is 0 Å². The van der Waals surface area contributed by atoms with Gasteiger partial charge in [-0.3, -0.25) is 9.59 Å². The molecule has 0 atom stereocenters. The molecule has 2 rings (SSSR count). The molecule has 4 nitrogen and oxygen atoms in total. The number of halogens is 3. The zero-order chi connectivity index (χ0) is 20.1. The minimum Gasteiger partial charge on any atom is -0.323 e. The summed E-state index contributed by atoms with van der Waals surface area (Å²) >= 11 is 0. The fraction of sp³-hybridized carbons (Fsp3) is 0.300. The zero-order valence-electron chi connectivity index (χ0n) is 15.4. The SMILES string of the molecule is CC(=O)N(CCC(=O)Nc1ccc(F)c(F)c1F)c1ccccc1C(C)C. The van der Waals surface area contributed by atoms with E-state index in [1.54, 1.807) is 12.1 Å². The van der Waals surface area contributed by atoms with E-state index in [2.05, 4.69) is 5.32 Å². The Morgan fingerprint density at radius 3 is 2.33 bits per heavy atom. The fourth-order valence-electron chi connectivity index (χ4n) is 2.72. The van der Waals surface area contributed by atoms with Crippen molar-refractivity contribution in [1.29, 1.82) is 0 Å². The molecule has 0 radical (unpaired) electrons. The van der Waals surface area contributed by atoms with Gasteiger partial charge in [-0.15, -0.1) is 0 Å². The average Bonchev–Trinajstić information content (AvgIpc) is 2.62. The van der Waals surface area contributed by atoms with Crippen LogP contribution in [0.3, 0.4) is 0 Å². The lowest BCUT2D eigenvalue weighted by Gasteiger charge is -2.25. The third kappa shape index (κ3) is 4.87. The summed E-state index contributed by atoms with van der Waals surface area (Å²) in [6.45, 7) is 5.45. The number of rotatable bonds is 6. The van der Waals surface area contributed by atoms with Gasteiger partial charge in [-0.1, -0.05) is 32.0 Å². The Balaban J connectivity index is 2.12. The zero-order valence-corrected chi connectivity index (χ0v) is 15.4. The average molecular weight is 378 g/mol. The summed E-state index contributed by atoms with van der Waals surface area (Å²) in [7, 11) is 0. The molecule has 2 aromatic rings. The first-order valence-electron chi connectivity index (χ1n) is 8.52. The molecule has 7 heteroatoms. The van der Waals surface area contributed by atoms with E-state index in [0.29, 0.717) is 5.69 Å². The van der Waals surface area contributed by atoms with Gasteiger partial charge < -0.3 is 10.2 Å². The first kappa shape index (κ1) is 20.5. The third-order valence-corrected chi connectivity index (χ3v) is 4.10. The number of anilines is 2. The summed E-state index contributed by atoms with van der Waals surface area (Å²) in [6, 6.07) is 9.05. The number of hydrogen-bond acceptors (Lipinski definition) is 2. The van der Waals surface area contributed by atoms with Crippen molar-refractivity contribution >= 4 is 23.2 Å². The molecule has 0 fully saturated rings. The van der Waals surface area contributed by atoms with Crippen LogP contribution in [0.5, 0.6) is 0 Å². The number of amides is 2. The molecule has 0 bridgehead atoms. The molecular formula is C20H21F3N2O2. The summed E-state index contributed by atoms with van der Waals surface area (Å²) in [5.74, 6) is -5.13. The lowest BCUT2D eigenvalue weighted by Crippen LogP contribution is -2.33. The van der Waals surface area contributed by atoms with Gasteiger partial charge in [0.05, 0.1) is 5.69 Å². The van der Waals surface area contributed by atoms with Crippen molar-refractivity contribution in [1.82, 2.24) is 0 Å². The van der Waals surface area contributed by atoms with Gasteiger partial charge in [-0.2, -0.15) is 0 Å². The maximum absolute atomic E-state index is 13.7. The van der Waals surface area contributed by atoms with Gasteiger partial charge in [0.25, 0.3) is 0 Å². The maximum Gasteiger partial charge on any atom is 0.226 e. The third-order valence-electron chi connectivity index (χ3n) is 4.10. The monoisotopic (exact) mass is 378 g/mol. The molecule has 0 saturated carbocycles. The Kier molecular flexibility index (Phi) is 6.60. The second-order valence-electron chi connectivity index (χ2n) is 6.41. The normalized spacial score (nSPS) is 10.8. The van der Waals surface area contributed by atoms with Crippen LogP contribution in [-0.4, -0.2) is 18.4 Å². The van der Waals surface area contributed by atoms with Crippen LogP contribution in [-0.2, 0) is 9.59 Å². The van der Waals surface area contributed by atoms with Crippen LogP contribution in [0.15, 0.2) is 36.4 Å². The van der Waals surface area contributed by atoms with Crippen LogP contribution < -0.4 is 10.2 Å². The summed E-state index contributed by atoms with van der Waals surface area (Å²) in [4.78, 5) is 25.6. The summed E-state index contributed by atoms with van der Waals surface area (Å²) < 4.78 is 39.9. The minimum atomic E-state index is -1.65. The Labute approximate surface area is 156 Å². The summed E-state index contributed by atoms with van der Waals surface area (Å²) in [5, 5.41) is 2.20. The lowest BCUT2D eigenvalue weighted by atomic mass is 10.0. The van der Waals surface area contributed by atoms with Gasteiger partial charge in [0, 0.05) is 25.6 Å². The van der Waals surface area contributed by atoms with Crippen molar-refractivity contribution in [2.75, 3.05) is 16.8 Å². The van der Waals surface area contributed by atoms with Gasteiger partial charge in [0.2, 0.25) is 11.8 Å². The second kappa shape index (κ2) is 8.70. The van der Waals surface area contributed by atoms with Crippen LogP contribution in [0.25, 0.3) is 0 Å². The molecule has 2 amide bonds. The number of benzene rings is 2. The van der Waals surface area contributed by atoms with E-state index in [1.807, 2.05) is 26.0 Å². The number of para-hydroxylation sites is 1. The molecule has 0 aromatic heterocycles. The van der Waals surface area contributed by atoms with Crippen molar-refractivity contribution in [2.45, 2.75) is 33.1 Å². The lowest BCUT2D eigenvalue weighted by molar-refractivity contribution is -0.117. The van der Waals surface area contributed by atoms with E-state index in [-0.39, 0.29) is 24.8 Å². The van der Waals surface area contributed by atoms with E-state index in [9.17, 15) is 22.8 Å². The van der Waals surface area contributed by atoms with Crippen LogP contribution in [0, 0.1) is 17.5 Å². The van der Waals surface area contributed by atoms with E-state index in [4.69, 9.17) is 0 Å². The first-order valence-corrected chi connectivity index (χ1v) is 8.52. The number of hydrogen-bond donors (Lipinski definition) is 1. The van der Waals surface area contributed by atoms with Crippen molar-refractivity contribution in [3.63, 3.8) is 0 Å². The van der Waals surface area contributed by atoms with E-state index >= 15 is 0 Å². The smallest absolute Gasteiger partial charge is 0.226 e. The number of carbonyl (C=O) groups excluding carboxylic acids is 2. The molecule has 0 aliphatic heterocycles. The molecule has 0 aliphatic rings. The Morgan fingerprint density at radius 1 is 1.04 bits per heavy atom. The Morgan fingerprint density at radius 2 is 1.70 bits per heavy atom. The topological polar surface area (TPSA) is 49.4 Å². The van der Waals surface area contributed by atoms with Gasteiger partial charge in [-0.05, 0) is 29.7 Å². The molecule has 0 spiro atoms. The molecular weight excluding hydrogens is 357 g/mol. The second-order valence-corrected chi connectivity index (χ2v) is 6.41. The highest BCUT2D eigenvalue weighted by Gasteiger charge is 2.19. The molecule has 2 aromatic carbocycles. The summed E-state index contributed by atoms with van der Waals surface area (Å²) in [5.41, 5.74) is 1.21. The maximum atomic E-state index is 13.7. The Bertz CT molecular complexity index is 853. The first-order chi connectivity index (χ1) is 12.7. The van der Waals surface area contributed by atoms with Crippen LogP contribution in [0.2, 0.25) is 0 Å². The number of nitrogens with zero attached hydrogens (tertiary/aromatic N) is 1. The van der Waals surface area contributed by atoms with Crippen molar-refractivity contribution in [3.05, 3.63) is 59.4 Å². The largest absolute Gasteiger partial charge is 0.323 e. The Hall–Kier alpha value is -2.83. The van der Waals surface area contributed by atoms with Crippen molar-refractivity contribution < 1.29 is 22.8 Å². The van der Waals surface area contributed by atoms with Crippen LogP contribution in [0.4, 0.5) is 24.5 Å². The quantitative estimate of drug-likeness (QED) is 0.747. The fourth-order valence-corrected chi connectivity index (χ4v) is 2.72. The molecule has 1 N–H and O–H groups in total. The molecule has 144 valence electrons. The van der Waals surface area contributed by atoms with Gasteiger partial charge >= 0.3 is 0 Å². The minimum absolute atomic E-state index is 0.0657. The highest BCUT2D eigenvalue weighted by molar-refractivity contribution is 5.95. The van der Waals surface area contributed by atoms with Gasteiger partial charge in [0.1, 0.15) is 0 Å². The molecule has 0 unspecified atom stereocenters. The predicted octanol–water partition coefficient (Wildman–Crippen LogP) is 4.61. The molecule has 0 aliphatic carbocycles. The standard InChI is InChI=1S/C20H21F3N2O2/c1-12(2)14-6-4-5-7-17(14)25(13(3)26)11-10-18(27)24-16-9-8-15(21)19(22)20(16)23/h4-9,12H,10-11H2,1-3H3,(H,24,27). The number of nitrogens with one attached hydrogen (secondary N) is 1. The van der Waals surface area contributed by atoms with Crippen LogP contribution in [0.1, 0.15) is 38.7 Å². The molecule has 0 saturated heterocycles. The summed E-state index contributed by atoms with van der Waals surface area (Å²) in [6.07, 6.45) is -0.134. The highest BCUT2D eigenvalue weighted by atomic mass is 19.2. The van der Waals surface area contributed by atoms with Crippen molar-refractivity contribution in [3.8, 4) is 0 Å². The number of carbonyl (C=O) groups is 2. The van der Waals surface area contributed by atoms with Gasteiger partial charge in [0.15, 0.2) is 17.5 Å². The van der Waals surface area contributed by atoms with Gasteiger partial charge in [-0.25, -0.2) is 13.2 Å². The molecule has 0 heterocycles. The van der Waals surface area contributed by atoms with E-state index in [1.165, 1.54) is 11.8 Å². The molecule has 27 heavy (non-hydrogen) atoms. The van der Waals surface area contributed by atoms with Crippen LogP contribution >= 0.6 is 0 Å². The highest BCUT2D eigenvalue weighted by Crippen LogP contribution is 2.28.